The van der Waals surface area contributed by atoms with E-state index in [0.717, 1.165) is 14.1 Å². The van der Waals surface area contributed by atoms with Gasteiger partial charge in [-0.25, -0.2) is 8.42 Å². The summed E-state index contributed by atoms with van der Waals surface area (Å²) in [7, 11) is -4.12. The van der Waals surface area contributed by atoms with Crippen LogP contribution in [0.25, 0.3) is 0 Å². The highest BCUT2D eigenvalue weighted by Gasteiger charge is 2.29. The minimum Gasteiger partial charge on any atom is -0.323 e. The molecule has 0 saturated carbocycles. The number of amides is 1. The lowest BCUT2D eigenvalue weighted by atomic mass is 10.3. The number of benzene rings is 4. The molecule has 0 fully saturated rings. The van der Waals surface area contributed by atoms with Gasteiger partial charge in [0.25, 0.3) is 10.0 Å². The summed E-state index contributed by atoms with van der Waals surface area (Å²) in [6.07, 6.45) is 0. The normalized spacial score (nSPS) is 11.1. The lowest BCUT2D eigenvalue weighted by Crippen LogP contribution is -2.38. The summed E-state index contributed by atoms with van der Waals surface area (Å²) in [5.41, 5.74) is 0.686. The van der Waals surface area contributed by atoms with Gasteiger partial charge in [0.15, 0.2) is 0 Å². The monoisotopic (exact) mass is 542 g/mol. The van der Waals surface area contributed by atoms with Gasteiger partial charge in [-0.3, -0.25) is 9.10 Å². The topological polar surface area (TPSA) is 66.5 Å². The summed E-state index contributed by atoms with van der Waals surface area (Å²) in [4.78, 5) is 15.0. The fraction of sp³-hybridized carbons (Fsp3) is 0.0385. The van der Waals surface area contributed by atoms with Gasteiger partial charge >= 0.3 is 0 Å². The van der Waals surface area contributed by atoms with Crippen LogP contribution >= 0.6 is 35.0 Å². The largest absolute Gasteiger partial charge is 0.323 e. The van der Waals surface area contributed by atoms with E-state index in [2.05, 4.69) is 5.32 Å². The molecule has 0 unspecified atom stereocenters. The van der Waals surface area contributed by atoms with Crippen LogP contribution in [0.15, 0.2) is 118 Å². The lowest BCUT2D eigenvalue weighted by Gasteiger charge is -2.25. The molecule has 0 aromatic heterocycles. The van der Waals surface area contributed by atoms with Gasteiger partial charge in [-0.1, -0.05) is 89.6 Å². The molecular formula is C26H20Cl2N2O3S2. The number of rotatable bonds is 8. The minimum atomic E-state index is -4.12. The molecule has 0 spiro atoms. The molecule has 0 radical (unpaired) electrons. The molecule has 1 N–H and O–H groups in total. The molecule has 0 aliphatic heterocycles. The SMILES string of the molecule is O=C(CN(c1cccc(Cl)c1Cl)S(=O)(=O)c1ccccc1)Nc1ccccc1Sc1ccccc1. The Hall–Kier alpha value is -2.97. The van der Waals surface area contributed by atoms with Crippen LogP contribution in [0.3, 0.4) is 0 Å². The summed E-state index contributed by atoms with van der Waals surface area (Å²) in [6.45, 7) is -0.498. The molecule has 0 atom stereocenters. The van der Waals surface area contributed by atoms with Gasteiger partial charge in [0.1, 0.15) is 6.54 Å². The standard InChI is InChI=1S/C26H20Cl2N2O3S2/c27-21-14-9-16-23(26(21)28)30(35(32,33)20-12-5-2-6-13-20)18-25(31)29-22-15-7-8-17-24(22)34-19-10-3-1-4-11-19/h1-17H,18H2,(H,29,31). The number of nitrogens with one attached hydrogen (secondary N) is 1. The second-order valence-corrected chi connectivity index (χ2v) is 11.1. The van der Waals surface area contributed by atoms with Crippen LogP contribution in [-0.2, 0) is 14.8 Å². The zero-order valence-electron chi connectivity index (χ0n) is 18.3. The lowest BCUT2D eigenvalue weighted by molar-refractivity contribution is -0.114. The summed E-state index contributed by atoms with van der Waals surface area (Å²) < 4.78 is 28.0. The number of hydrogen-bond acceptors (Lipinski definition) is 4. The predicted molar refractivity (Wildman–Crippen MR) is 143 cm³/mol. The maximum absolute atomic E-state index is 13.5. The first-order valence-corrected chi connectivity index (χ1v) is 13.5. The molecule has 0 heterocycles. The van der Waals surface area contributed by atoms with Crippen molar-refractivity contribution in [2.45, 2.75) is 14.7 Å². The zero-order chi connectivity index (χ0) is 24.8. The number of nitrogens with zero attached hydrogens (tertiary/aromatic N) is 1. The van der Waals surface area contributed by atoms with Crippen molar-refractivity contribution in [2.24, 2.45) is 0 Å². The van der Waals surface area contributed by atoms with E-state index in [0.29, 0.717) is 5.69 Å². The molecule has 0 aliphatic carbocycles. The number of anilines is 2. The Labute approximate surface area is 218 Å². The summed E-state index contributed by atoms with van der Waals surface area (Å²) >= 11 is 14.0. The summed E-state index contributed by atoms with van der Waals surface area (Å²) in [5.74, 6) is -0.526. The third kappa shape index (κ3) is 6.00. The molecule has 178 valence electrons. The molecule has 9 heteroatoms. The highest BCUT2D eigenvalue weighted by molar-refractivity contribution is 7.99. The second kappa shape index (κ2) is 11.2. The first kappa shape index (κ1) is 25.1. The van der Waals surface area contributed by atoms with Crippen LogP contribution in [0.1, 0.15) is 0 Å². The van der Waals surface area contributed by atoms with Crippen LogP contribution in [-0.4, -0.2) is 20.9 Å². The average molecular weight is 543 g/mol. The van der Waals surface area contributed by atoms with Gasteiger partial charge in [-0.15, -0.1) is 0 Å². The number of sulfonamides is 1. The Morgan fingerprint density at radius 1 is 0.800 bits per heavy atom. The molecule has 1 amide bonds. The third-order valence-corrected chi connectivity index (χ3v) is 8.62. The molecule has 0 aliphatic rings. The molecule has 4 rings (SSSR count). The van der Waals surface area contributed by atoms with E-state index in [4.69, 9.17) is 23.2 Å². The highest BCUT2D eigenvalue weighted by Crippen LogP contribution is 2.36. The molecule has 0 bridgehead atoms. The maximum atomic E-state index is 13.5. The highest BCUT2D eigenvalue weighted by atomic mass is 35.5. The van der Waals surface area contributed by atoms with Crippen LogP contribution in [0.5, 0.6) is 0 Å². The van der Waals surface area contributed by atoms with Crippen molar-refractivity contribution < 1.29 is 13.2 Å². The van der Waals surface area contributed by atoms with E-state index in [1.165, 1.54) is 30.0 Å². The van der Waals surface area contributed by atoms with Gasteiger partial charge in [-0.05, 0) is 48.5 Å². The van der Waals surface area contributed by atoms with E-state index in [1.807, 2.05) is 42.5 Å². The maximum Gasteiger partial charge on any atom is 0.264 e. The Balaban J connectivity index is 1.65. The van der Waals surface area contributed by atoms with Crippen LogP contribution < -0.4 is 9.62 Å². The fourth-order valence-electron chi connectivity index (χ4n) is 3.30. The predicted octanol–water partition coefficient (Wildman–Crippen LogP) is 6.98. The van der Waals surface area contributed by atoms with E-state index in [-0.39, 0.29) is 20.6 Å². The van der Waals surface area contributed by atoms with Crippen molar-refractivity contribution >= 4 is 62.3 Å². The van der Waals surface area contributed by atoms with Crippen molar-refractivity contribution in [3.05, 3.63) is 113 Å². The second-order valence-electron chi connectivity index (χ2n) is 7.36. The average Bonchev–Trinajstić information content (AvgIpc) is 2.87. The van der Waals surface area contributed by atoms with E-state index < -0.39 is 22.5 Å². The molecule has 4 aromatic rings. The molecular weight excluding hydrogens is 523 g/mol. The van der Waals surface area contributed by atoms with E-state index >= 15 is 0 Å². The Morgan fingerprint density at radius 3 is 2.14 bits per heavy atom. The summed E-state index contributed by atoms with van der Waals surface area (Å²) in [6, 6.07) is 29.6. The fourth-order valence-corrected chi connectivity index (χ4v) is 6.12. The zero-order valence-corrected chi connectivity index (χ0v) is 21.4. The van der Waals surface area contributed by atoms with Crippen molar-refractivity contribution in [2.75, 3.05) is 16.2 Å². The van der Waals surface area contributed by atoms with Crippen molar-refractivity contribution in [1.29, 1.82) is 0 Å². The van der Waals surface area contributed by atoms with Gasteiger partial charge in [-0.2, -0.15) is 0 Å². The van der Waals surface area contributed by atoms with Crippen LogP contribution in [0.4, 0.5) is 11.4 Å². The summed E-state index contributed by atoms with van der Waals surface area (Å²) in [5, 5.41) is 3.07. The smallest absolute Gasteiger partial charge is 0.264 e. The van der Waals surface area contributed by atoms with Crippen molar-refractivity contribution in [3.8, 4) is 0 Å². The Morgan fingerprint density at radius 2 is 1.43 bits per heavy atom. The molecule has 4 aromatic carbocycles. The van der Waals surface area contributed by atoms with Gasteiger partial charge in [0, 0.05) is 9.79 Å². The van der Waals surface area contributed by atoms with Gasteiger partial charge in [0.2, 0.25) is 5.91 Å². The quantitative estimate of drug-likeness (QED) is 0.261. The Kier molecular flexibility index (Phi) is 8.03. The first-order valence-electron chi connectivity index (χ1n) is 10.5. The number of hydrogen-bond donors (Lipinski definition) is 1. The molecule has 0 saturated heterocycles. The van der Waals surface area contributed by atoms with Gasteiger partial charge < -0.3 is 5.32 Å². The minimum absolute atomic E-state index is 0.0314. The van der Waals surface area contributed by atoms with Crippen LogP contribution in [0, 0.1) is 0 Å². The third-order valence-electron chi connectivity index (χ3n) is 4.95. The first-order chi connectivity index (χ1) is 16.9. The number of carbonyl (C=O) groups is 1. The van der Waals surface area contributed by atoms with Gasteiger partial charge in [0.05, 0.1) is 26.3 Å². The van der Waals surface area contributed by atoms with Crippen molar-refractivity contribution in [3.63, 3.8) is 0 Å². The van der Waals surface area contributed by atoms with E-state index in [1.54, 1.807) is 42.5 Å². The van der Waals surface area contributed by atoms with E-state index in [9.17, 15) is 13.2 Å². The number of para-hydroxylation sites is 1. The number of halogens is 2. The Bertz CT molecular complexity index is 1430. The number of carbonyl (C=O) groups excluding carboxylic acids is 1. The molecule has 5 nitrogen and oxygen atoms in total. The van der Waals surface area contributed by atoms with Crippen LogP contribution in [0.2, 0.25) is 10.0 Å². The van der Waals surface area contributed by atoms with Crippen molar-refractivity contribution in [1.82, 2.24) is 0 Å². The molecule has 35 heavy (non-hydrogen) atoms.